The van der Waals surface area contributed by atoms with Gasteiger partial charge in [0.2, 0.25) is 0 Å². The topological polar surface area (TPSA) is 60.2 Å². The van der Waals surface area contributed by atoms with Gasteiger partial charge in [-0.1, -0.05) is 17.8 Å². The summed E-state index contributed by atoms with van der Waals surface area (Å²) in [6.07, 6.45) is 3.35. The molecule has 5 nitrogen and oxygen atoms in total. The molecule has 0 N–H and O–H groups in total. The van der Waals surface area contributed by atoms with Crippen LogP contribution in [0.5, 0.6) is 0 Å². The van der Waals surface area contributed by atoms with E-state index in [-0.39, 0.29) is 5.56 Å². The Labute approximate surface area is 152 Å². The molecule has 25 heavy (non-hydrogen) atoms. The smallest absolute Gasteiger partial charge is 0.258 e. The number of aromatic nitrogens is 4. The van der Waals surface area contributed by atoms with Crippen LogP contribution < -0.4 is 5.56 Å². The summed E-state index contributed by atoms with van der Waals surface area (Å²) in [6.45, 7) is 6.17. The van der Waals surface area contributed by atoms with Crippen molar-refractivity contribution in [1.29, 1.82) is 0 Å². The van der Waals surface area contributed by atoms with Crippen LogP contribution in [0.3, 0.4) is 0 Å². The fourth-order valence-electron chi connectivity index (χ4n) is 2.78. The zero-order valence-electron chi connectivity index (χ0n) is 14.1. The van der Waals surface area contributed by atoms with Crippen LogP contribution in [-0.4, -0.2) is 19.4 Å². The zero-order chi connectivity index (χ0) is 17.6. The average molecular weight is 368 g/mol. The summed E-state index contributed by atoms with van der Waals surface area (Å²) in [6, 6.07) is 5.42. The van der Waals surface area contributed by atoms with E-state index in [4.69, 9.17) is 0 Å². The highest BCUT2D eigenvalue weighted by atomic mass is 32.2. The largest absolute Gasteiger partial charge is 0.269 e. The van der Waals surface area contributed by atoms with Gasteiger partial charge in [-0.2, -0.15) is 0 Å². The Kier molecular flexibility index (Phi) is 4.05. The minimum absolute atomic E-state index is 0.0558. The second-order valence-corrected chi connectivity index (χ2v) is 8.07. The Morgan fingerprint density at radius 1 is 1.24 bits per heavy atom. The summed E-state index contributed by atoms with van der Waals surface area (Å²) in [4.78, 5) is 28.1. The van der Waals surface area contributed by atoms with Gasteiger partial charge >= 0.3 is 0 Å². The number of fused-ring (bicyclic) bond motifs is 2. The predicted molar refractivity (Wildman–Crippen MR) is 103 cm³/mol. The predicted octanol–water partition coefficient (Wildman–Crippen LogP) is 3.92. The molecule has 0 spiro atoms. The molecule has 0 amide bonds. The third-order valence-electron chi connectivity index (χ3n) is 4.23. The highest BCUT2D eigenvalue weighted by Gasteiger charge is 2.13. The van der Waals surface area contributed by atoms with Gasteiger partial charge in [0.05, 0.1) is 5.69 Å². The van der Waals surface area contributed by atoms with E-state index < -0.39 is 0 Å². The molecule has 0 aliphatic rings. The molecule has 0 saturated heterocycles. The van der Waals surface area contributed by atoms with Crippen LogP contribution in [0.1, 0.15) is 21.7 Å². The molecule has 7 heteroatoms. The van der Waals surface area contributed by atoms with Crippen LogP contribution >= 0.6 is 23.1 Å². The van der Waals surface area contributed by atoms with Gasteiger partial charge in [-0.15, -0.1) is 11.3 Å². The number of nitrogens with zero attached hydrogens (tertiary/aromatic N) is 4. The summed E-state index contributed by atoms with van der Waals surface area (Å²) in [7, 11) is 0. The van der Waals surface area contributed by atoms with E-state index in [2.05, 4.69) is 28.8 Å². The van der Waals surface area contributed by atoms with Crippen LogP contribution in [0.4, 0.5) is 0 Å². The van der Waals surface area contributed by atoms with Crippen LogP contribution in [0.15, 0.2) is 40.5 Å². The molecule has 4 aromatic heterocycles. The zero-order valence-corrected chi connectivity index (χ0v) is 15.7. The first-order chi connectivity index (χ1) is 12.0. The van der Waals surface area contributed by atoms with Crippen molar-refractivity contribution in [3.63, 3.8) is 0 Å². The molecule has 0 aliphatic heterocycles. The molecule has 0 atom stereocenters. The van der Waals surface area contributed by atoms with Gasteiger partial charge in [0.1, 0.15) is 21.8 Å². The number of thiophene rings is 1. The van der Waals surface area contributed by atoms with Crippen LogP contribution in [0, 0.1) is 20.8 Å². The normalized spacial score (nSPS) is 11.5. The summed E-state index contributed by atoms with van der Waals surface area (Å²) in [5, 5.41) is 2.06. The van der Waals surface area contributed by atoms with Crippen molar-refractivity contribution < 1.29 is 0 Å². The lowest BCUT2D eigenvalue weighted by Gasteiger charge is -2.06. The molecule has 0 fully saturated rings. The second-order valence-electron chi connectivity index (χ2n) is 5.90. The first kappa shape index (κ1) is 16.2. The Balaban J connectivity index is 1.72. The molecule has 0 saturated carbocycles. The highest BCUT2D eigenvalue weighted by molar-refractivity contribution is 7.98. The van der Waals surface area contributed by atoms with Gasteiger partial charge in [-0.05, 0) is 38.0 Å². The summed E-state index contributed by atoms with van der Waals surface area (Å²) in [5.74, 6) is 0.598. The van der Waals surface area contributed by atoms with E-state index in [0.29, 0.717) is 11.4 Å². The lowest BCUT2D eigenvalue weighted by Crippen LogP contribution is -2.15. The van der Waals surface area contributed by atoms with E-state index in [1.54, 1.807) is 46.1 Å². The Morgan fingerprint density at radius 3 is 2.92 bits per heavy atom. The lowest BCUT2D eigenvalue weighted by molar-refractivity contribution is 0.999. The van der Waals surface area contributed by atoms with Crippen molar-refractivity contribution in [2.75, 3.05) is 0 Å². The van der Waals surface area contributed by atoms with Crippen molar-refractivity contribution in [2.45, 2.75) is 31.6 Å². The monoisotopic (exact) mass is 368 g/mol. The third kappa shape index (κ3) is 2.83. The average Bonchev–Trinajstić information content (AvgIpc) is 2.89. The maximum atomic E-state index is 12.3. The number of aryl methyl sites for hydroxylation is 3. The maximum absolute atomic E-state index is 12.3. The molecule has 4 heterocycles. The van der Waals surface area contributed by atoms with Crippen molar-refractivity contribution >= 4 is 39.0 Å². The van der Waals surface area contributed by atoms with Crippen molar-refractivity contribution in [3.8, 4) is 0 Å². The molecule has 0 aliphatic carbocycles. The van der Waals surface area contributed by atoms with Crippen LogP contribution in [-0.2, 0) is 5.75 Å². The van der Waals surface area contributed by atoms with Gasteiger partial charge < -0.3 is 0 Å². The minimum Gasteiger partial charge on any atom is -0.269 e. The van der Waals surface area contributed by atoms with E-state index in [0.717, 1.165) is 26.5 Å². The molecular weight excluding hydrogens is 352 g/mol. The van der Waals surface area contributed by atoms with E-state index >= 15 is 0 Å². The van der Waals surface area contributed by atoms with Crippen LogP contribution in [0.25, 0.3) is 15.9 Å². The van der Waals surface area contributed by atoms with Gasteiger partial charge in [-0.3, -0.25) is 9.20 Å². The van der Waals surface area contributed by atoms with E-state index in [1.165, 1.54) is 10.4 Å². The van der Waals surface area contributed by atoms with E-state index in [1.807, 2.05) is 19.1 Å². The number of hydrogen-bond acceptors (Lipinski definition) is 6. The van der Waals surface area contributed by atoms with Crippen molar-refractivity contribution in [1.82, 2.24) is 19.4 Å². The number of rotatable bonds is 3. The number of thioether (sulfide) groups is 1. The van der Waals surface area contributed by atoms with Gasteiger partial charge in [0.15, 0.2) is 0 Å². The first-order valence-corrected chi connectivity index (χ1v) is 9.66. The van der Waals surface area contributed by atoms with Crippen LogP contribution in [0.2, 0.25) is 0 Å². The maximum Gasteiger partial charge on any atom is 0.258 e. The van der Waals surface area contributed by atoms with Crippen molar-refractivity contribution in [3.05, 3.63) is 62.8 Å². The Hall–Kier alpha value is -2.25. The molecule has 4 rings (SSSR count). The minimum atomic E-state index is -0.0558. The standard InChI is InChI=1S/C18H16N4OS2/c1-10-5-4-6-22-14(23)7-13(21-16(10)22)8-24-17-15-11(2)12(3)25-18(15)20-9-19-17/h4-7,9H,8H2,1-3H3. The lowest BCUT2D eigenvalue weighted by atomic mass is 10.2. The quantitative estimate of drug-likeness (QED) is 0.405. The summed E-state index contributed by atoms with van der Waals surface area (Å²) < 4.78 is 1.58. The van der Waals surface area contributed by atoms with E-state index in [9.17, 15) is 4.79 Å². The van der Waals surface area contributed by atoms with Gasteiger partial charge in [-0.25, -0.2) is 15.0 Å². The molecule has 0 unspecified atom stereocenters. The molecule has 0 bridgehead atoms. The Morgan fingerprint density at radius 2 is 2.08 bits per heavy atom. The SMILES string of the molecule is Cc1sc2ncnc(SCc3cc(=O)n4cccc(C)c4n3)c2c1C. The second kappa shape index (κ2) is 6.24. The summed E-state index contributed by atoms with van der Waals surface area (Å²) in [5.41, 5.74) is 3.63. The first-order valence-electron chi connectivity index (χ1n) is 7.86. The van der Waals surface area contributed by atoms with Gasteiger partial charge in [0, 0.05) is 28.3 Å². The molecule has 4 aromatic rings. The van der Waals surface area contributed by atoms with Crippen molar-refractivity contribution in [2.24, 2.45) is 0 Å². The highest BCUT2D eigenvalue weighted by Crippen LogP contribution is 2.35. The third-order valence-corrected chi connectivity index (χ3v) is 6.36. The number of pyridine rings is 1. The van der Waals surface area contributed by atoms with Gasteiger partial charge in [0.25, 0.3) is 5.56 Å². The molecule has 126 valence electrons. The fourth-order valence-corrected chi connectivity index (χ4v) is 4.79. The molecule has 0 aromatic carbocycles. The fraction of sp³-hybridized carbons (Fsp3) is 0.222. The Bertz CT molecular complexity index is 1160. The molecule has 0 radical (unpaired) electrons. The number of hydrogen-bond donors (Lipinski definition) is 0. The summed E-state index contributed by atoms with van der Waals surface area (Å²) >= 11 is 3.29. The molecular formula is C18H16N4OS2.